The average molecular weight is 439 g/mol. The van der Waals surface area contributed by atoms with Crippen molar-refractivity contribution in [2.24, 2.45) is 0 Å². The van der Waals surface area contributed by atoms with Crippen LogP contribution >= 0.6 is 0 Å². The van der Waals surface area contributed by atoms with Crippen LogP contribution in [0.3, 0.4) is 0 Å². The molecule has 0 radical (unpaired) electrons. The zero-order valence-electron chi connectivity index (χ0n) is 19.4. The normalized spacial score (nSPS) is 11.9. The number of aromatic hydroxyl groups is 2. The first-order valence-corrected chi connectivity index (χ1v) is 10.9. The van der Waals surface area contributed by atoms with Gasteiger partial charge in [-0.1, -0.05) is 0 Å². The van der Waals surface area contributed by atoms with Crippen molar-refractivity contribution in [2.45, 2.75) is 34.6 Å². The average Bonchev–Trinajstić information content (AvgIpc) is 2.78. The van der Waals surface area contributed by atoms with E-state index in [1.807, 2.05) is 70.3 Å². The molecule has 0 fully saturated rings. The molecule has 1 aliphatic heterocycles. The van der Waals surface area contributed by atoms with Gasteiger partial charge in [-0.25, -0.2) is 4.98 Å². The number of phenolic OH excluding ortho intramolecular Hbond substituents is 2. The van der Waals surface area contributed by atoms with E-state index < -0.39 is 0 Å². The third-order valence-corrected chi connectivity index (χ3v) is 6.28. The second-order valence-electron chi connectivity index (χ2n) is 8.88. The highest BCUT2D eigenvalue weighted by Crippen LogP contribution is 2.45. The Kier molecular flexibility index (Phi) is 4.78. The van der Waals surface area contributed by atoms with Crippen molar-refractivity contribution >= 4 is 11.5 Å². The SMILES string of the molecule is Cc1cc2c(cc1-c1cc(C)c(O)c(C)c1)Oc1cc(-c3cc(C)c(O)c(C)c3)cnc1N2. The first-order chi connectivity index (χ1) is 15.7. The predicted octanol–water partition coefficient (Wildman–Crippen LogP) is 7.22. The highest BCUT2D eigenvalue weighted by atomic mass is 16.5. The van der Waals surface area contributed by atoms with Gasteiger partial charge >= 0.3 is 0 Å². The molecule has 0 aliphatic carbocycles. The molecule has 0 bridgehead atoms. The van der Waals surface area contributed by atoms with E-state index in [-0.39, 0.29) is 0 Å². The fraction of sp³-hybridized carbons (Fsp3) is 0.179. The summed E-state index contributed by atoms with van der Waals surface area (Å²) >= 11 is 0. The maximum Gasteiger partial charge on any atom is 0.174 e. The quantitative estimate of drug-likeness (QED) is 0.271. The fourth-order valence-corrected chi connectivity index (χ4v) is 4.44. The molecule has 5 nitrogen and oxygen atoms in total. The molecule has 33 heavy (non-hydrogen) atoms. The molecule has 0 atom stereocenters. The van der Waals surface area contributed by atoms with E-state index in [1.165, 1.54) is 0 Å². The molecule has 0 spiro atoms. The van der Waals surface area contributed by atoms with Crippen LogP contribution in [0.15, 0.2) is 48.7 Å². The molecule has 0 unspecified atom stereocenters. The Morgan fingerprint density at radius 2 is 1.21 bits per heavy atom. The number of hydrogen-bond acceptors (Lipinski definition) is 5. The van der Waals surface area contributed by atoms with Gasteiger partial charge in [-0.15, -0.1) is 0 Å². The van der Waals surface area contributed by atoms with Crippen LogP contribution in [-0.4, -0.2) is 15.2 Å². The van der Waals surface area contributed by atoms with Crippen LogP contribution in [0.1, 0.15) is 27.8 Å². The summed E-state index contributed by atoms with van der Waals surface area (Å²) in [6, 6.07) is 14.0. The standard InChI is InChI=1S/C28H26N2O3/c1-14-10-23-24(12-22(14)20-8-17(4)27(32)18(5)9-20)33-25-11-21(13-29-28(25)30-23)19-6-15(2)26(31)16(3)7-19/h6-13,31-32H,1-5H3,(H,29,30). The molecular weight excluding hydrogens is 412 g/mol. The van der Waals surface area contributed by atoms with E-state index in [0.29, 0.717) is 23.1 Å². The number of aryl methyl sites for hydroxylation is 5. The van der Waals surface area contributed by atoms with Gasteiger partial charge in [-0.2, -0.15) is 0 Å². The van der Waals surface area contributed by atoms with Gasteiger partial charge in [0.05, 0.1) is 5.69 Å². The third-order valence-electron chi connectivity index (χ3n) is 6.28. The van der Waals surface area contributed by atoms with Crippen molar-refractivity contribution < 1.29 is 14.9 Å². The number of ether oxygens (including phenoxy) is 1. The molecule has 1 aromatic heterocycles. The number of nitrogens with zero attached hydrogens (tertiary/aromatic N) is 1. The van der Waals surface area contributed by atoms with E-state index >= 15 is 0 Å². The van der Waals surface area contributed by atoms with Crippen molar-refractivity contribution in [2.75, 3.05) is 5.32 Å². The summed E-state index contributed by atoms with van der Waals surface area (Å²) in [5.41, 5.74) is 9.31. The smallest absolute Gasteiger partial charge is 0.174 e. The van der Waals surface area contributed by atoms with Crippen molar-refractivity contribution in [1.29, 1.82) is 0 Å². The molecule has 0 saturated carbocycles. The van der Waals surface area contributed by atoms with E-state index in [9.17, 15) is 10.2 Å². The van der Waals surface area contributed by atoms with E-state index in [2.05, 4.69) is 23.3 Å². The lowest BCUT2D eigenvalue weighted by Gasteiger charge is -2.23. The largest absolute Gasteiger partial charge is 0.507 e. The minimum Gasteiger partial charge on any atom is -0.507 e. The van der Waals surface area contributed by atoms with Gasteiger partial charge in [0.15, 0.2) is 17.3 Å². The van der Waals surface area contributed by atoms with Crippen LogP contribution in [0.4, 0.5) is 11.5 Å². The Labute approximate surface area is 193 Å². The highest BCUT2D eigenvalue weighted by Gasteiger charge is 2.21. The lowest BCUT2D eigenvalue weighted by Crippen LogP contribution is -2.06. The van der Waals surface area contributed by atoms with Crippen LogP contribution in [0.25, 0.3) is 22.3 Å². The van der Waals surface area contributed by atoms with Crippen molar-refractivity contribution in [3.05, 3.63) is 76.5 Å². The highest BCUT2D eigenvalue weighted by molar-refractivity contribution is 5.82. The van der Waals surface area contributed by atoms with Gasteiger partial charge in [0, 0.05) is 11.8 Å². The van der Waals surface area contributed by atoms with Crippen LogP contribution in [-0.2, 0) is 0 Å². The van der Waals surface area contributed by atoms with Crippen molar-refractivity contribution in [1.82, 2.24) is 4.98 Å². The number of phenols is 2. The van der Waals surface area contributed by atoms with Crippen LogP contribution in [0.5, 0.6) is 23.0 Å². The topological polar surface area (TPSA) is 74.6 Å². The molecule has 3 N–H and O–H groups in total. The number of fused-ring (bicyclic) bond motifs is 2. The Balaban J connectivity index is 1.55. The molecule has 0 amide bonds. The lowest BCUT2D eigenvalue weighted by atomic mass is 9.95. The molecule has 0 saturated heterocycles. The Bertz CT molecular complexity index is 1390. The second kappa shape index (κ2) is 7.55. The molecule has 166 valence electrons. The van der Waals surface area contributed by atoms with Gasteiger partial charge in [0.1, 0.15) is 11.5 Å². The Morgan fingerprint density at radius 1 is 0.636 bits per heavy atom. The number of pyridine rings is 1. The maximum absolute atomic E-state index is 10.2. The van der Waals surface area contributed by atoms with Crippen molar-refractivity contribution in [3.8, 4) is 45.3 Å². The Morgan fingerprint density at radius 3 is 1.82 bits per heavy atom. The minimum absolute atomic E-state index is 0.319. The summed E-state index contributed by atoms with van der Waals surface area (Å²) in [4.78, 5) is 4.59. The van der Waals surface area contributed by atoms with Gasteiger partial charge in [-0.3, -0.25) is 0 Å². The molecule has 5 heteroatoms. The Hall–Kier alpha value is -3.99. The summed E-state index contributed by atoms with van der Waals surface area (Å²) in [6.45, 7) is 9.67. The summed E-state index contributed by atoms with van der Waals surface area (Å²) in [5.74, 6) is 2.69. The van der Waals surface area contributed by atoms with Gasteiger partial charge in [0.25, 0.3) is 0 Å². The number of anilines is 2. The summed E-state index contributed by atoms with van der Waals surface area (Å²) in [5, 5.41) is 23.7. The first-order valence-electron chi connectivity index (χ1n) is 10.9. The first kappa shape index (κ1) is 20.9. The van der Waals surface area contributed by atoms with Crippen LogP contribution < -0.4 is 10.1 Å². The van der Waals surface area contributed by atoms with Gasteiger partial charge in [-0.05, 0) is 122 Å². The van der Waals surface area contributed by atoms with E-state index in [4.69, 9.17) is 4.74 Å². The number of nitrogens with one attached hydrogen (secondary N) is 1. The van der Waals surface area contributed by atoms with Gasteiger partial charge in [0.2, 0.25) is 0 Å². The fourth-order valence-electron chi connectivity index (χ4n) is 4.44. The molecule has 1 aliphatic rings. The molecule has 3 aromatic carbocycles. The minimum atomic E-state index is 0.319. The van der Waals surface area contributed by atoms with Crippen LogP contribution in [0, 0.1) is 34.6 Å². The number of hydrogen-bond donors (Lipinski definition) is 3. The molecule has 4 aromatic rings. The van der Waals surface area contributed by atoms with Crippen molar-refractivity contribution in [3.63, 3.8) is 0 Å². The monoisotopic (exact) mass is 438 g/mol. The zero-order valence-corrected chi connectivity index (χ0v) is 19.4. The number of benzene rings is 3. The predicted molar refractivity (Wildman–Crippen MR) is 132 cm³/mol. The van der Waals surface area contributed by atoms with E-state index in [0.717, 1.165) is 61.5 Å². The molecule has 2 heterocycles. The molecular formula is C28H26N2O3. The summed E-state index contributed by atoms with van der Waals surface area (Å²) < 4.78 is 6.30. The summed E-state index contributed by atoms with van der Waals surface area (Å²) in [7, 11) is 0. The third kappa shape index (κ3) is 3.55. The second-order valence-corrected chi connectivity index (χ2v) is 8.88. The number of rotatable bonds is 2. The van der Waals surface area contributed by atoms with Gasteiger partial charge < -0.3 is 20.3 Å². The maximum atomic E-state index is 10.2. The summed E-state index contributed by atoms with van der Waals surface area (Å²) in [6.07, 6.45) is 1.81. The van der Waals surface area contributed by atoms with E-state index in [1.54, 1.807) is 0 Å². The lowest BCUT2D eigenvalue weighted by molar-refractivity contribution is 0.466. The molecule has 5 rings (SSSR count). The zero-order chi connectivity index (χ0) is 23.4. The number of aromatic nitrogens is 1. The van der Waals surface area contributed by atoms with Crippen LogP contribution in [0.2, 0.25) is 0 Å².